The van der Waals surface area contributed by atoms with Crippen LogP contribution < -0.4 is 10.5 Å². The molecule has 0 amide bonds. The van der Waals surface area contributed by atoms with Crippen LogP contribution in [-0.4, -0.2) is 155 Å². The number of rotatable bonds is 21. The van der Waals surface area contributed by atoms with E-state index >= 15 is 0 Å². The molecule has 3 aliphatic rings. The SMILES string of the molecule is COCCOCCOCCOCCOCCOC[C@@H]1O[C@@H](O[C@H]2C[C@](O)(C(C)=O)Cc3c(O)c4c(c(O)c32)C(=O)c2c(OC)cccc2C4=O)C[C@H](N)[C@@H]1O. The molecule has 6 N–H and O–H groups in total. The van der Waals surface area contributed by atoms with Crippen molar-refractivity contribution in [2.75, 3.05) is 86.9 Å². The van der Waals surface area contributed by atoms with Gasteiger partial charge in [0.2, 0.25) is 5.78 Å². The Morgan fingerprint density at radius 1 is 0.855 bits per heavy atom. The Bertz CT molecular complexity index is 1670. The van der Waals surface area contributed by atoms with Gasteiger partial charge in [0.1, 0.15) is 29.0 Å². The minimum Gasteiger partial charge on any atom is -0.507 e. The molecule has 55 heavy (non-hydrogen) atoms. The van der Waals surface area contributed by atoms with Gasteiger partial charge in [0.15, 0.2) is 17.9 Å². The number of ketones is 3. The van der Waals surface area contributed by atoms with Gasteiger partial charge >= 0.3 is 0 Å². The first kappa shape index (κ1) is 42.6. The average molecular weight is 778 g/mol. The lowest BCUT2D eigenvalue weighted by atomic mass is 9.72. The smallest absolute Gasteiger partial charge is 0.202 e. The van der Waals surface area contributed by atoms with Gasteiger partial charge in [-0.2, -0.15) is 0 Å². The molecule has 17 nitrogen and oxygen atoms in total. The Hall–Kier alpha value is -3.59. The van der Waals surface area contributed by atoms with E-state index in [0.717, 1.165) is 0 Å². The summed E-state index contributed by atoms with van der Waals surface area (Å²) in [5, 5.41) is 45.5. The highest BCUT2D eigenvalue weighted by atomic mass is 16.7. The molecule has 1 fully saturated rings. The number of fused-ring (bicyclic) bond motifs is 3. The van der Waals surface area contributed by atoms with Crippen LogP contribution in [0.4, 0.5) is 0 Å². The van der Waals surface area contributed by atoms with E-state index in [4.69, 9.17) is 48.4 Å². The third kappa shape index (κ3) is 9.69. The molecule has 6 atom stereocenters. The normalized spacial score (nSPS) is 24.7. The number of nitrogens with two attached hydrogens (primary N) is 1. The molecule has 0 spiro atoms. The number of hydrogen-bond acceptors (Lipinski definition) is 17. The standard InChI is InChI=1S/C38H51NO16/c1-21(40)38(46)18-23-30(37(45)32-31(34(23)42)33(41)22-5-4-6-25(48-3)29(22)36(32)44)26(19-38)54-28-17-24(39)35(43)27(55-28)20-53-16-15-52-14-13-51-12-11-50-10-9-49-8-7-47-2/h4-6,24,26-28,35,42-43,45-46H,7-20,39H2,1-3H3/t24-,26-,27-,28+,35-,38-/m0/s1. The Labute approximate surface area is 318 Å². The van der Waals surface area contributed by atoms with E-state index in [1.54, 1.807) is 7.11 Å². The summed E-state index contributed by atoms with van der Waals surface area (Å²) in [5.74, 6) is -3.37. The lowest BCUT2D eigenvalue weighted by molar-refractivity contribution is -0.259. The van der Waals surface area contributed by atoms with Crippen LogP contribution in [0.1, 0.15) is 68.8 Å². The van der Waals surface area contributed by atoms with Crippen LogP contribution in [0.5, 0.6) is 17.2 Å². The van der Waals surface area contributed by atoms with Crippen molar-refractivity contribution < 1.29 is 77.4 Å². The van der Waals surface area contributed by atoms with Crippen molar-refractivity contribution in [3.8, 4) is 17.2 Å². The van der Waals surface area contributed by atoms with E-state index in [1.807, 2.05) is 0 Å². The number of carbonyl (C=O) groups excluding carboxylic acids is 3. The maximum atomic E-state index is 13.9. The minimum absolute atomic E-state index is 0.0298. The van der Waals surface area contributed by atoms with Crippen LogP contribution in [0.3, 0.4) is 0 Å². The fraction of sp³-hybridized carbons (Fsp3) is 0.605. The van der Waals surface area contributed by atoms with Gasteiger partial charge in [-0.3, -0.25) is 14.4 Å². The highest BCUT2D eigenvalue weighted by molar-refractivity contribution is 6.31. The number of methoxy groups -OCH3 is 2. The van der Waals surface area contributed by atoms with Gasteiger partial charge in [-0.1, -0.05) is 12.1 Å². The monoisotopic (exact) mass is 777 g/mol. The van der Waals surface area contributed by atoms with Crippen molar-refractivity contribution in [3.63, 3.8) is 0 Å². The molecule has 2 aromatic carbocycles. The summed E-state index contributed by atoms with van der Waals surface area (Å²) in [6, 6.07) is 3.57. The van der Waals surface area contributed by atoms with E-state index in [0.29, 0.717) is 52.9 Å². The summed E-state index contributed by atoms with van der Waals surface area (Å²) in [4.78, 5) is 40.3. The molecule has 0 saturated carbocycles. The number of ether oxygens (including phenoxy) is 9. The van der Waals surface area contributed by atoms with E-state index in [1.165, 1.54) is 32.2 Å². The van der Waals surface area contributed by atoms with E-state index < -0.39 is 82.6 Å². The molecule has 2 aromatic rings. The maximum Gasteiger partial charge on any atom is 0.202 e. The van der Waals surface area contributed by atoms with Gasteiger partial charge in [0.25, 0.3) is 0 Å². The van der Waals surface area contributed by atoms with Crippen molar-refractivity contribution >= 4 is 17.3 Å². The average Bonchev–Trinajstić information content (AvgIpc) is 3.16. The summed E-state index contributed by atoms with van der Waals surface area (Å²) >= 11 is 0. The van der Waals surface area contributed by atoms with Gasteiger partial charge in [0, 0.05) is 49.1 Å². The number of benzene rings is 2. The molecular formula is C38H51NO16. The third-order valence-electron chi connectivity index (χ3n) is 9.86. The molecular weight excluding hydrogens is 726 g/mol. The van der Waals surface area contributed by atoms with Crippen LogP contribution in [0, 0.1) is 0 Å². The zero-order chi connectivity index (χ0) is 39.7. The fourth-order valence-electron chi connectivity index (χ4n) is 6.90. The van der Waals surface area contributed by atoms with Crippen molar-refractivity contribution in [2.24, 2.45) is 5.73 Å². The number of aliphatic hydroxyl groups is 2. The van der Waals surface area contributed by atoms with Crippen molar-refractivity contribution in [3.05, 3.63) is 51.6 Å². The lowest BCUT2D eigenvalue weighted by Crippen LogP contribution is -2.55. The first-order valence-electron chi connectivity index (χ1n) is 18.2. The largest absolute Gasteiger partial charge is 0.507 e. The second-order valence-corrected chi connectivity index (χ2v) is 13.5. The summed E-state index contributed by atoms with van der Waals surface area (Å²) in [6.07, 6.45) is -5.44. The minimum atomic E-state index is -2.07. The summed E-state index contributed by atoms with van der Waals surface area (Å²) in [5.41, 5.74) is 2.94. The summed E-state index contributed by atoms with van der Waals surface area (Å²) < 4.78 is 49.9. The van der Waals surface area contributed by atoms with Gasteiger partial charge in [0.05, 0.1) is 109 Å². The zero-order valence-corrected chi connectivity index (χ0v) is 31.3. The Balaban J connectivity index is 1.19. The topological polar surface area (TPSA) is 241 Å². The van der Waals surface area contributed by atoms with Crippen molar-refractivity contribution in [2.45, 2.75) is 62.4 Å². The molecule has 1 aliphatic heterocycles. The van der Waals surface area contributed by atoms with Gasteiger partial charge in [-0.15, -0.1) is 0 Å². The molecule has 1 saturated heterocycles. The highest BCUT2D eigenvalue weighted by Crippen LogP contribution is 2.52. The number of aromatic hydroxyl groups is 2. The maximum absolute atomic E-state index is 13.9. The predicted octanol–water partition coefficient (Wildman–Crippen LogP) is 0.738. The van der Waals surface area contributed by atoms with Crippen LogP contribution >= 0.6 is 0 Å². The lowest BCUT2D eigenvalue weighted by Gasteiger charge is -2.42. The van der Waals surface area contributed by atoms with E-state index in [2.05, 4.69) is 0 Å². The van der Waals surface area contributed by atoms with Crippen molar-refractivity contribution in [1.82, 2.24) is 0 Å². The molecule has 0 unspecified atom stereocenters. The molecule has 1 heterocycles. The Morgan fingerprint density at radius 3 is 2.02 bits per heavy atom. The Morgan fingerprint density at radius 2 is 1.44 bits per heavy atom. The number of aliphatic hydroxyl groups excluding tert-OH is 1. The second-order valence-electron chi connectivity index (χ2n) is 13.5. The number of phenolic OH excluding ortho intramolecular Hbond substituents is 2. The predicted molar refractivity (Wildman–Crippen MR) is 191 cm³/mol. The summed E-state index contributed by atoms with van der Waals surface area (Å²) in [7, 11) is 2.94. The first-order chi connectivity index (χ1) is 26.4. The first-order valence-corrected chi connectivity index (χ1v) is 18.2. The van der Waals surface area contributed by atoms with Gasteiger partial charge in [-0.25, -0.2) is 0 Å². The number of hydrogen-bond donors (Lipinski definition) is 5. The Kier molecular flexibility index (Phi) is 15.1. The molecule has 0 bridgehead atoms. The number of phenols is 2. The van der Waals surface area contributed by atoms with Crippen LogP contribution in [0.15, 0.2) is 18.2 Å². The molecule has 17 heteroatoms. The zero-order valence-electron chi connectivity index (χ0n) is 31.3. The van der Waals surface area contributed by atoms with E-state index in [-0.39, 0.29) is 60.7 Å². The van der Waals surface area contributed by atoms with Gasteiger partial charge in [-0.05, 0) is 13.0 Å². The molecule has 0 aromatic heterocycles. The van der Waals surface area contributed by atoms with E-state index in [9.17, 15) is 34.8 Å². The van der Waals surface area contributed by atoms with Crippen LogP contribution in [-0.2, 0) is 49.1 Å². The molecule has 5 rings (SSSR count). The second kappa shape index (κ2) is 19.5. The molecule has 2 aliphatic carbocycles. The molecule has 0 radical (unpaired) electrons. The fourth-order valence-corrected chi connectivity index (χ4v) is 6.90. The number of Topliss-reactive ketones (excluding diaryl/α,β-unsaturated/α-hetero) is 1. The summed E-state index contributed by atoms with van der Waals surface area (Å²) in [6.45, 7) is 5.00. The highest BCUT2D eigenvalue weighted by Gasteiger charge is 2.49. The number of carbonyl (C=O) groups is 3. The third-order valence-corrected chi connectivity index (χ3v) is 9.86. The van der Waals surface area contributed by atoms with Gasteiger partial charge < -0.3 is 68.8 Å². The van der Waals surface area contributed by atoms with Crippen LogP contribution in [0.25, 0.3) is 0 Å². The van der Waals surface area contributed by atoms with Crippen LogP contribution in [0.2, 0.25) is 0 Å². The quantitative estimate of drug-likeness (QED) is 0.0740. The van der Waals surface area contributed by atoms with Crippen molar-refractivity contribution in [1.29, 1.82) is 0 Å². The molecule has 304 valence electrons.